The first-order chi connectivity index (χ1) is 13.0. The van der Waals surface area contributed by atoms with Gasteiger partial charge in [0.2, 0.25) is 5.43 Å². The van der Waals surface area contributed by atoms with Crippen molar-refractivity contribution in [3.05, 3.63) is 81.1 Å². The van der Waals surface area contributed by atoms with Gasteiger partial charge in [-0.15, -0.1) is 0 Å². The molecule has 0 aliphatic rings. The van der Waals surface area contributed by atoms with Gasteiger partial charge < -0.3 is 14.1 Å². The van der Waals surface area contributed by atoms with Crippen LogP contribution in [0.5, 0.6) is 5.75 Å². The molecule has 3 aromatic heterocycles. The highest BCUT2D eigenvalue weighted by atomic mass is 19.1. The first-order valence-electron chi connectivity index (χ1n) is 8.02. The summed E-state index contributed by atoms with van der Waals surface area (Å²) in [5.74, 6) is -0.751. The van der Waals surface area contributed by atoms with Crippen molar-refractivity contribution in [3.8, 4) is 17.1 Å². The molecule has 0 saturated heterocycles. The van der Waals surface area contributed by atoms with E-state index in [0.717, 1.165) is 0 Å². The number of hydrogen-bond acceptors (Lipinski definition) is 5. The maximum Gasteiger partial charge on any atom is 0.279 e. The van der Waals surface area contributed by atoms with Crippen molar-refractivity contribution in [3.63, 3.8) is 0 Å². The van der Waals surface area contributed by atoms with Gasteiger partial charge in [0.05, 0.1) is 12.1 Å². The average molecular weight is 367 g/mol. The van der Waals surface area contributed by atoms with E-state index in [1.807, 2.05) is 0 Å². The number of aromatic hydroxyl groups is 1. The lowest BCUT2D eigenvalue weighted by Gasteiger charge is -2.11. The van der Waals surface area contributed by atoms with Gasteiger partial charge in [-0.2, -0.15) is 5.10 Å². The number of fused-ring (bicyclic) bond motifs is 1. The minimum Gasteiger partial charge on any atom is -0.503 e. The zero-order valence-corrected chi connectivity index (χ0v) is 14.2. The molecule has 0 atom stereocenters. The zero-order valence-electron chi connectivity index (χ0n) is 14.2. The van der Waals surface area contributed by atoms with E-state index in [0.29, 0.717) is 5.56 Å². The second-order valence-corrected chi connectivity index (χ2v) is 6.04. The fraction of sp³-hybridized carbons (Fsp3) is 0.111. The summed E-state index contributed by atoms with van der Waals surface area (Å²) >= 11 is 0. The molecule has 0 saturated carbocycles. The summed E-state index contributed by atoms with van der Waals surface area (Å²) in [4.78, 5) is 29.3. The van der Waals surface area contributed by atoms with Crippen molar-refractivity contribution in [1.29, 1.82) is 0 Å². The van der Waals surface area contributed by atoms with E-state index in [1.54, 1.807) is 25.4 Å². The van der Waals surface area contributed by atoms with Crippen LogP contribution in [0.4, 0.5) is 4.39 Å². The average Bonchev–Trinajstić information content (AvgIpc) is 3.07. The van der Waals surface area contributed by atoms with E-state index in [2.05, 4.69) is 10.1 Å². The van der Waals surface area contributed by atoms with Crippen LogP contribution in [0.1, 0.15) is 5.56 Å². The molecule has 0 unspecified atom stereocenters. The Bertz CT molecular complexity index is 1270. The molecule has 8 nitrogen and oxygen atoms in total. The largest absolute Gasteiger partial charge is 0.503 e. The molecule has 0 bridgehead atoms. The van der Waals surface area contributed by atoms with Crippen LogP contribution in [-0.2, 0) is 13.6 Å². The molecule has 3 heterocycles. The Morgan fingerprint density at radius 1 is 1.15 bits per heavy atom. The quantitative estimate of drug-likeness (QED) is 0.586. The van der Waals surface area contributed by atoms with E-state index in [-0.39, 0.29) is 29.3 Å². The molecule has 136 valence electrons. The molecule has 0 fully saturated rings. The summed E-state index contributed by atoms with van der Waals surface area (Å²) in [6, 6.07) is 5.73. The molecule has 0 aliphatic heterocycles. The van der Waals surface area contributed by atoms with Gasteiger partial charge >= 0.3 is 0 Å². The predicted octanol–water partition coefficient (Wildman–Crippen LogP) is 1.15. The third-order valence-corrected chi connectivity index (χ3v) is 4.30. The molecule has 0 spiro atoms. The van der Waals surface area contributed by atoms with Crippen LogP contribution in [0.15, 0.2) is 58.8 Å². The van der Waals surface area contributed by atoms with Crippen LogP contribution in [-0.4, -0.2) is 28.8 Å². The molecule has 1 aromatic carbocycles. The first-order valence-corrected chi connectivity index (χ1v) is 8.02. The second kappa shape index (κ2) is 6.20. The molecule has 1 N–H and O–H groups in total. The fourth-order valence-electron chi connectivity index (χ4n) is 2.92. The Morgan fingerprint density at radius 2 is 1.89 bits per heavy atom. The smallest absolute Gasteiger partial charge is 0.279 e. The molecular formula is C18H14FN5O3. The Hall–Kier alpha value is -3.75. The Kier molecular flexibility index (Phi) is 3.84. The van der Waals surface area contributed by atoms with Crippen LogP contribution >= 0.6 is 0 Å². The summed E-state index contributed by atoms with van der Waals surface area (Å²) < 4.78 is 17.2. The standard InChI is InChI=1S/C18H14FN5O3/c1-22-17(20-10-21-22)13-9-23-6-7-24(8-11-2-4-12(19)5-3-11)18(27)14(23)16(26)15(13)25/h2-7,9-10,26H,8H2,1H3. The van der Waals surface area contributed by atoms with Crippen LogP contribution in [0.25, 0.3) is 16.9 Å². The van der Waals surface area contributed by atoms with E-state index in [1.165, 1.54) is 44.5 Å². The van der Waals surface area contributed by atoms with Gasteiger partial charge in [0.1, 0.15) is 12.1 Å². The Labute approximate surface area is 151 Å². The molecule has 9 heteroatoms. The van der Waals surface area contributed by atoms with Crippen molar-refractivity contribution in [2.75, 3.05) is 0 Å². The highest BCUT2D eigenvalue weighted by molar-refractivity contribution is 5.66. The predicted molar refractivity (Wildman–Crippen MR) is 95.1 cm³/mol. The molecule has 27 heavy (non-hydrogen) atoms. The molecule has 4 aromatic rings. The molecule has 0 radical (unpaired) electrons. The second-order valence-electron chi connectivity index (χ2n) is 6.04. The van der Waals surface area contributed by atoms with Crippen molar-refractivity contribution in [2.45, 2.75) is 6.54 Å². The van der Waals surface area contributed by atoms with Crippen LogP contribution in [0.3, 0.4) is 0 Å². The minimum absolute atomic E-state index is 0.126. The van der Waals surface area contributed by atoms with Crippen molar-refractivity contribution < 1.29 is 9.50 Å². The van der Waals surface area contributed by atoms with E-state index in [4.69, 9.17) is 0 Å². The van der Waals surface area contributed by atoms with E-state index >= 15 is 0 Å². The SMILES string of the molecule is Cn1ncnc1-c1cn2ccn(Cc3ccc(F)cc3)c(=O)c2c(O)c1=O. The highest BCUT2D eigenvalue weighted by Crippen LogP contribution is 2.17. The van der Waals surface area contributed by atoms with Crippen molar-refractivity contribution >= 4 is 5.52 Å². The highest BCUT2D eigenvalue weighted by Gasteiger charge is 2.18. The molecule has 0 amide bonds. The molecular weight excluding hydrogens is 353 g/mol. The van der Waals surface area contributed by atoms with Gasteiger partial charge in [0.15, 0.2) is 17.1 Å². The minimum atomic E-state index is -0.706. The number of pyridine rings is 1. The zero-order chi connectivity index (χ0) is 19.1. The van der Waals surface area contributed by atoms with Gasteiger partial charge in [-0.1, -0.05) is 12.1 Å². The number of hydrogen-bond donors (Lipinski definition) is 1. The summed E-state index contributed by atoms with van der Waals surface area (Å²) in [6.07, 6.45) is 5.81. The third-order valence-electron chi connectivity index (χ3n) is 4.30. The monoisotopic (exact) mass is 367 g/mol. The number of aromatic nitrogens is 5. The normalized spacial score (nSPS) is 11.2. The Morgan fingerprint density at radius 3 is 2.56 bits per heavy atom. The van der Waals surface area contributed by atoms with Gasteiger partial charge in [-0.3, -0.25) is 9.59 Å². The van der Waals surface area contributed by atoms with Gasteiger partial charge in [-0.25, -0.2) is 14.1 Å². The van der Waals surface area contributed by atoms with Gasteiger partial charge in [0, 0.05) is 25.6 Å². The fourth-order valence-corrected chi connectivity index (χ4v) is 2.92. The van der Waals surface area contributed by atoms with E-state index in [9.17, 15) is 19.1 Å². The molecule has 4 rings (SSSR count). The topological polar surface area (TPSA) is 94.4 Å². The number of halogens is 1. The summed E-state index contributed by atoms with van der Waals surface area (Å²) in [5.41, 5.74) is -0.555. The van der Waals surface area contributed by atoms with Crippen LogP contribution in [0, 0.1) is 5.82 Å². The maximum atomic E-state index is 13.0. The van der Waals surface area contributed by atoms with Crippen LogP contribution < -0.4 is 11.0 Å². The summed E-state index contributed by atoms with van der Waals surface area (Å²) in [5, 5.41) is 14.3. The Balaban J connectivity index is 1.87. The van der Waals surface area contributed by atoms with Gasteiger partial charge in [0.25, 0.3) is 5.56 Å². The lowest BCUT2D eigenvalue weighted by atomic mass is 10.2. The number of nitrogens with zero attached hydrogens (tertiary/aromatic N) is 5. The number of rotatable bonds is 3. The summed E-state index contributed by atoms with van der Waals surface area (Å²) in [7, 11) is 1.62. The maximum absolute atomic E-state index is 13.0. The van der Waals surface area contributed by atoms with Gasteiger partial charge in [-0.05, 0) is 17.7 Å². The number of aryl methyl sites for hydroxylation is 1. The first kappa shape index (κ1) is 16.7. The summed E-state index contributed by atoms with van der Waals surface area (Å²) in [6.45, 7) is 0.175. The lowest BCUT2D eigenvalue weighted by molar-refractivity contribution is 0.472. The van der Waals surface area contributed by atoms with Crippen molar-refractivity contribution in [2.24, 2.45) is 7.05 Å². The van der Waals surface area contributed by atoms with Crippen LogP contribution in [0.2, 0.25) is 0 Å². The third kappa shape index (κ3) is 2.78. The lowest BCUT2D eigenvalue weighted by Crippen LogP contribution is -2.25. The van der Waals surface area contributed by atoms with E-state index < -0.39 is 16.7 Å². The molecule has 0 aliphatic carbocycles. The number of benzene rings is 1. The van der Waals surface area contributed by atoms with Crippen molar-refractivity contribution in [1.82, 2.24) is 23.7 Å².